The number of hydrogen-bond acceptors (Lipinski definition) is 4. The van der Waals surface area contributed by atoms with Gasteiger partial charge in [0.1, 0.15) is 0 Å². The molecule has 25 heavy (non-hydrogen) atoms. The maximum atomic E-state index is 9.99. The first-order valence-electron chi connectivity index (χ1n) is 8.96. The zero-order valence-electron chi connectivity index (χ0n) is 15.8. The van der Waals surface area contributed by atoms with Gasteiger partial charge in [0.05, 0.1) is 14.2 Å². The van der Waals surface area contributed by atoms with Crippen LogP contribution < -0.4 is 20.1 Å². The maximum absolute atomic E-state index is 9.99. The van der Waals surface area contributed by atoms with Crippen LogP contribution in [-0.2, 0) is 6.54 Å². The number of methoxy groups -OCH3 is 2. The van der Waals surface area contributed by atoms with Crippen molar-refractivity contribution in [3.63, 3.8) is 0 Å². The van der Waals surface area contributed by atoms with Gasteiger partial charge in [0, 0.05) is 20.1 Å². The summed E-state index contributed by atoms with van der Waals surface area (Å²) >= 11 is 0. The minimum absolute atomic E-state index is 0.0161. The third-order valence-electron chi connectivity index (χ3n) is 5.27. The third-order valence-corrected chi connectivity index (χ3v) is 5.27. The molecule has 0 saturated heterocycles. The molecule has 2 rings (SSSR count). The first kappa shape index (κ1) is 19.2. The highest BCUT2D eigenvalue weighted by atomic mass is 16.5. The first-order valence-corrected chi connectivity index (χ1v) is 8.96. The summed E-state index contributed by atoms with van der Waals surface area (Å²) in [6, 6.07) is 3.59. The second-order valence-corrected chi connectivity index (χ2v) is 6.69. The monoisotopic (exact) mass is 349 g/mol. The Bertz CT molecular complexity index is 571. The fourth-order valence-corrected chi connectivity index (χ4v) is 3.51. The van der Waals surface area contributed by atoms with Crippen molar-refractivity contribution >= 4 is 5.96 Å². The van der Waals surface area contributed by atoms with Gasteiger partial charge in [-0.1, -0.05) is 19.8 Å². The van der Waals surface area contributed by atoms with Crippen molar-refractivity contribution in [1.82, 2.24) is 10.6 Å². The molecule has 0 bridgehead atoms. The molecular formula is C19H31N3O3. The Kier molecular flexibility index (Phi) is 6.79. The molecule has 0 aromatic heterocycles. The van der Waals surface area contributed by atoms with E-state index in [9.17, 15) is 5.11 Å². The number of hydrogen-bond donors (Lipinski definition) is 3. The van der Waals surface area contributed by atoms with E-state index in [1.165, 1.54) is 46.3 Å². The average Bonchev–Trinajstić information content (AvgIpc) is 3.12. The summed E-state index contributed by atoms with van der Waals surface area (Å²) in [5.41, 5.74) is 1.35. The van der Waals surface area contributed by atoms with Crippen LogP contribution in [0, 0.1) is 5.41 Å². The lowest BCUT2D eigenvalue weighted by atomic mass is 9.83. The van der Waals surface area contributed by atoms with Crippen LogP contribution >= 0.6 is 0 Å². The van der Waals surface area contributed by atoms with Gasteiger partial charge in [0.15, 0.2) is 17.5 Å². The highest BCUT2D eigenvalue weighted by Gasteiger charge is 2.31. The molecule has 1 aromatic carbocycles. The minimum atomic E-state index is 0.0161. The molecule has 1 aromatic rings. The highest BCUT2D eigenvalue weighted by molar-refractivity contribution is 5.79. The van der Waals surface area contributed by atoms with Crippen molar-refractivity contribution in [2.45, 2.75) is 45.6 Å². The van der Waals surface area contributed by atoms with Crippen LogP contribution in [0.4, 0.5) is 0 Å². The molecule has 1 aliphatic rings. The van der Waals surface area contributed by atoms with Crippen LogP contribution in [0.5, 0.6) is 17.2 Å². The Hall–Kier alpha value is -2.11. The average molecular weight is 349 g/mol. The lowest BCUT2D eigenvalue weighted by Gasteiger charge is -2.28. The zero-order valence-corrected chi connectivity index (χ0v) is 15.8. The van der Waals surface area contributed by atoms with Crippen molar-refractivity contribution in [1.29, 1.82) is 0 Å². The standard InChI is InChI=1S/C19H31N3O3/c1-5-19(8-6-7-9-19)13-22-18(20-2)21-12-14-10-15(24-3)17(23)16(11-14)25-4/h10-11,23H,5-9,12-13H2,1-4H3,(H2,20,21,22). The zero-order chi connectivity index (χ0) is 18.3. The molecule has 1 fully saturated rings. The normalized spacial score (nSPS) is 16.6. The van der Waals surface area contributed by atoms with Crippen LogP contribution in [0.25, 0.3) is 0 Å². The molecule has 1 aliphatic carbocycles. The fraction of sp³-hybridized carbons (Fsp3) is 0.632. The second kappa shape index (κ2) is 8.83. The van der Waals surface area contributed by atoms with Gasteiger partial charge in [0.2, 0.25) is 5.75 Å². The van der Waals surface area contributed by atoms with Gasteiger partial charge in [-0.25, -0.2) is 0 Å². The number of rotatable bonds is 7. The predicted molar refractivity (Wildman–Crippen MR) is 101 cm³/mol. The Morgan fingerprint density at radius 3 is 2.24 bits per heavy atom. The summed E-state index contributed by atoms with van der Waals surface area (Å²) in [7, 11) is 4.83. The van der Waals surface area contributed by atoms with Gasteiger partial charge in [-0.2, -0.15) is 0 Å². The van der Waals surface area contributed by atoms with Crippen LogP contribution in [0.3, 0.4) is 0 Å². The molecule has 0 unspecified atom stereocenters. The summed E-state index contributed by atoms with van der Waals surface area (Å²) < 4.78 is 10.4. The van der Waals surface area contributed by atoms with Gasteiger partial charge in [0.25, 0.3) is 0 Å². The van der Waals surface area contributed by atoms with Gasteiger partial charge >= 0.3 is 0 Å². The van der Waals surface area contributed by atoms with Crippen LogP contribution in [0.2, 0.25) is 0 Å². The Labute approximate surface area is 150 Å². The SMILES string of the molecule is CCC1(CNC(=NC)NCc2cc(OC)c(O)c(OC)c2)CCCC1. The van der Waals surface area contributed by atoms with Gasteiger partial charge in [-0.05, 0) is 42.4 Å². The number of aromatic hydroxyl groups is 1. The summed E-state index contributed by atoms with van der Waals surface area (Å²) in [4.78, 5) is 4.31. The number of guanidine groups is 1. The fourth-order valence-electron chi connectivity index (χ4n) is 3.51. The number of ether oxygens (including phenoxy) is 2. The van der Waals surface area contributed by atoms with E-state index in [0.717, 1.165) is 18.1 Å². The summed E-state index contributed by atoms with van der Waals surface area (Å²) in [6.07, 6.45) is 6.44. The lowest BCUT2D eigenvalue weighted by Crippen LogP contribution is -2.42. The van der Waals surface area contributed by atoms with E-state index in [-0.39, 0.29) is 5.75 Å². The summed E-state index contributed by atoms with van der Waals surface area (Å²) in [5, 5.41) is 16.8. The van der Waals surface area contributed by atoms with Crippen molar-refractivity contribution < 1.29 is 14.6 Å². The predicted octanol–water partition coefficient (Wildman–Crippen LogP) is 3.04. The number of aliphatic imine (C=N–C) groups is 1. The van der Waals surface area contributed by atoms with Gasteiger partial charge in [-0.3, -0.25) is 4.99 Å². The van der Waals surface area contributed by atoms with Crippen LogP contribution in [0.1, 0.15) is 44.6 Å². The van der Waals surface area contributed by atoms with E-state index in [4.69, 9.17) is 9.47 Å². The van der Waals surface area contributed by atoms with Crippen molar-refractivity contribution in [2.75, 3.05) is 27.8 Å². The van der Waals surface area contributed by atoms with Gasteiger partial charge < -0.3 is 25.2 Å². The molecular weight excluding hydrogens is 318 g/mol. The van der Waals surface area contributed by atoms with E-state index >= 15 is 0 Å². The molecule has 1 saturated carbocycles. The van der Waals surface area contributed by atoms with Crippen LogP contribution in [-0.4, -0.2) is 38.9 Å². The molecule has 140 valence electrons. The third kappa shape index (κ3) is 4.71. The Balaban J connectivity index is 1.96. The summed E-state index contributed by atoms with van der Waals surface area (Å²) in [5.74, 6) is 1.60. The molecule has 6 heteroatoms. The minimum Gasteiger partial charge on any atom is -0.502 e. The number of nitrogens with zero attached hydrogens (tertiary/aromatic N) is 1. The van der Waals surface area contributed by atoms with E-state index in [1.807, 2.05) is 0 Å². The Morgan fingerprint density at radius 2 is 1.76 bits per heavy atom. The number of phenols is 1. The van der Waals surface area contributed by atoms with E-state index in [2.05, 4.69) is 22.5 Å². The van der Waals surface area contributed by atoms with Crippen LogP contribution in [0.15, 0.2) is 17.1 Å². The number of nitrogens with one attached hydrogen (secondary N) is 2. The largest absolute Gasteiger partial charge is 0.502 e. The molecule has 0 spiro atoms. The number of phenolic OH excluding ortho intramolecular Hbond substituents is 1. The van der Waals surface area contributed by atoms with Gasteiger partial charge in [-0.15, -0.1) is 0 Å². The van der Waals surface area contributed by atoms with Crippen molar-refractivity contribution in [3.8, 4) is 17.2 Å². The molecule has 3 N–H and O–H groups in total. The lowest BCUT2D eigenvalue weighted by molar-refractivity contribution is 0.283. The molecule has 0 atom stereocenters. The molecule has 6 nitrogen and oxygen atoms in total. The molecule has 0 heterocycles. The quantitative estimate of drug-likeness (QED) is 0.521. The van der Waals surface area contributed by atoms with E-state index in [1.54, 1.807) is 19.2 Å². The van der Waals surface area contributed by atoms with Crippen molar-refractivity contribution in [2.24, 2.45) is 10.4 Å². The molecule has 0 radical (unpaired) electrons. The van der Waals surface area contributed by atoms with Crippen molar-refractivity contribution in [3.05, 3.63) is 17.7 Å². The molecule has 0 amide bonds. The van der Waals surface area contributed by atoms with E-state index < -0.39 is 0 Å². The first-order chi connectivity index (χ1) is 12.1. The summed E-state index contributed by atoms with van der Waals surface area (Å²) in [6.45, 7) is 3.79. The topological polar surface area (TPSA) is 75.1 Å². The smallest absolute Gasteiger partial charge is 0.200 e. The highest BCUT2D eigenvalue weighted by Crippen LogP contribution is 2.40. The maximum Gasteiger partial charge on any atom is 0.200 e. The second-order valence-electron chi connectivity index (χ2n) is 6.69. The Morgan fingerprint density at radius 1 is 1.16 bits per heavy atom. The van der Waals surface area contributed by atoms with E-state index in [0.29, 0.717) is 23.5 Å². The number of benzene rings is 1. The molecule has 0 aliphatic heterocycles.